The SMILES string of the molecule is Cc1ccc(C#N)c(NC2CCc3ccccc3C2)n1. The standard InChI is InChI=1S/C17H17N3/c1-12-6-7-15(11-18)17(19-12)20-16-9-8-13-4-2-3-5-14(13)10-16/h2-7,16H,8-10H2,1H3,(H,19,20). The number of rotatable bonds is 2. The average Bonchev–Trinajstić information content (AvgIpc) is 2.47. The lowest BCUT2D eigenvalue weighted by atomic mass is 9.88. The van der Waals surface area contributed by atoms with E-state index in [9.17, 15) is 0 Å². The van der Waals surface area contributed by atoms with Gasteiger partial charge in [-0.3, -0.25) is 0 Å². The van der Waals surface area contributed by atoms with E-state index in [1.165, 1.54) is 11.1 Å². The Bertz CT molecular complexity index is 670. The summed E-state index contributed by atoms with van der Waals surface area (Å²) >= 11 is 0. The molecule has 1 atom stereocenters. The van der Waals surface area contributed by atoms with Gasteiger partial charge in [-0.2, -0.15) is 5.26 Å². The van der Waals surface area contributed by atoms with Crippen LogP contribution in [0.3, 0.4) is 0 Å². The molecule has 0 amide bonds. The fraction of sp³-hybridized carbons (Fsp3) is 0.294. The molecule has 0 saturated heterocycles. The third-order valence-electron chi connectivity index (χ3n) is 3.84. The first kappa shape index (κ1) is 12.7. The second-order valence-electron chi connectivity index (χ2n) is 5.31. The molecule has 0 radical (unpaired) electrons. The quantitative estimate of drug-likeness (QED) is 0.905. The zero-order valence-corrected chi connectivity index (χ0v) is 11.6. The van der Waals surface area contributed by atoms with Crippen molar-refractivity contribution in [2.45, 2.75) is 32.2 Å². The van der Waals surface area contributed by atoms with E-state index in [2.05, 4.69) is 40.6 Å². The molecule has 3 rings (SSSR count). The number of aromatic nitrogens is 1. The van der Waals surface area contributed by atoms with Crippen LogP contribution in [0.25, 0.3) is 0 Å². The van der Waals surface area contributed by atoms with E-state index in [-0.39, 0.29) is 0 Å². The van der Waals surface area contributed by atoms with Gasteiger partial charge in [0.25, 0.3) is 0 Å². The van der Waals surface area contributed by atoms with Gasteiger partial charge < -0.3 is 5.32 Å². The predicted octanol–water partition coefficient (Wildman–Crippen LogP) is 3.23. The Hall–Kier alpha value is -2.34. The lowest BCUT2D eigenvalue weighted by molar-refractivity contribution is 0.608. The van der Waals surface area contributed by atoms with E-state index in [4.69, 9.17) is 5.26 Å². The van der Waals surface area contributed by atoms with Gasteiger partial charge in [-0.1, -0.05) is 24.3 Å². The van der Waals surface area contributed by atoms with Crippen LogP contribution in [0, 0.1) is 18.3 Å². The number of pyridine rings is 1. The molecule has 0 aliphatic heterocycles. The molecular weight excluding hydrogens is 246 g/mol. The van der Waals surface area contributed by atoms with Crippen molar-refractivity contribution in [2.75, 3.05) is 5.32 Å². The van der Waals surface area contributed by atoms with Gasteiger partial charge in [0.1, 0.15) is 11.9 Å². The molecule has 1 aromatic carbocycles. The van der Waals surface area contributed by atoms with Crippen LogP contribution in [0.5, 0.6) is 0 Å². The van der Waals surface area contributed by atoms with E-state index < -0.39 is 0 Å². The Morgan fingerprint density at radius 3 is 2.80 bits per heavy atom. The van der Waals surface area contributed by atoms with Gasteiger partial charge in [0.2, 0.25) is 0 Å². The molecule has 0 fully saturated rings. The summed E-state index contributed by atoms with van der Waals surface area (Å²) in [5.41, 5.74) is 4.41. The van der Waals surface area contributed by atoms with E-state index in [0.717, 1.165) is 30.8 Å². The van der Waals surface area contributed by atoms with Crippen LogP contribution in [0.4, 0.5) is 5.82 Å². The molecule has 0 spiro atoms. The first-order valence-electron chi connectivity index (χ1n) is 6.97. The van der Waals surface area contributed by atoms with Crippen LogP contribution >= 0.6 is 0 Å². The fourth-order valence-corrected chi connectivity index (χ4v) is 2.77. The van der Waals surface area contributed by atoms with Crippen LogP contribution in [-0.4, -0.2) is 11.0 Å². The number of anilines is 1. The monoisotopic (exact) mass is 263 g/mol. The van der Waals surface area contributed by atoms with Crippen molar-refractivity contribution in [3.8, 4) is 6.07 Å². The lowest BCUT2D eigenvalue weighted by Crippen LogP contribution is -2.28. The van der Waals surface area contributed by atoms with Crippen LogP contribution in [-0.2, 0) is 12.8 Å². The molecule has 2 aromatic rings. The number of hydrogen-bond donors (Lipinski definition) is 1. The average molecular weight is 263 g/mol. The molecule has 3 nitrogen and oxygen atoms in total. The molecule has 1 aliphatic rings. The highest BCUT2D eigenvalue weighted by Crippen LogP contribution is 2.24. The van der Waals surface area contributed by atoms with Crippen molar-refractivity contribution >= 4 is 5.82 Å². The maximum absolute atomic E-state index is 9.17. The minimum atomic E-state index is 0.353. The Morgan fingerprint density at radius 1 is 1.20 bits per heavy atom. The Labute approximate surface area is 119 Å². The minimum Gasteiger partial charge on any atom is -0.366 e. The zero-order chi connectivity index (χ0) is 13.9. The summed E-state index contributed by atoms with van der Waals surface area (Å²) in [5, 5.41) is 12.6. The van der Waals surface area contributed by atoms with Crippen molar-refractivity contribution in [3.05, 3.63) is 58.8 Å². The topological polar surface area (TPSA) is 48.7 Å². The maximum Gasteiger partial charge on any atom is 0.144 e. The van der Waals surface area contributed by atoms with Gasteiger partial charge in [0.15, 0.2) is 0 Å². The Balaban J connectivity index is 1.80. The number of nitrogens with zero attached hydrogens (tertiary/aromatic N) is 2. The van der Waals surface area contributed by atoms with Crippen LogP contribution in [0.1, 0.15) is 28.8 Å². The van der Waals surface area contributed by atoms with Gasteiger partial charge in [-0.05, 0) is 49.4 Å². The number of aryl methyl sites for hydroxylation is 2. The van der Waals surface area contributed by atoms with Gasteiger partial charge in [0, 0.05) is 11.7 Å². The number of nitriles is 1. The number of benzene rings is 1. The van der Waals surface area contributed by atoms with Crippen LogP contribution in [0.2, 0.25) is 0 Å². The van der Waals surface area contributed by atoms with Crippen molar-refractivity contribution in [2.24, 2.45) is 0 Å². The summed E-state index contributed by atoms with van der Waals surface area (Å²) in [5.74, 6) is 0.719. The molecule has 3 heteroatoms. The van der Waals surface area contributed by atoms with E-state index in [1.807, 2.05) is 19.1 Å². The second kappa shape index (κ2) is 5.34. The molecule has 0 saturated carbocycles. The van der Waals surface area contributed by atoms with E-state index in [0.29, 0.717) is 11.6 Å². The molecule has 1 heterocycles. The number of nitrogens with one attached hydrogen (secondary N) is 1. The molecule has 1 aromatic heterocycles. The highest BCUT2D eigenvalue weighted by atomic mass is 15.0. The van der Waals surface area contributed by atoms with Gasteiger partial charge >= 0.3 is 0 Å². The van der Waals surface area contributed by atoms with Crippen molar-refractivity contribution < 1.29 is 0 Å². The van der Waals surface area contributed by atoms with Crippen molar-refractivity contribution in [3.63, 3.8) is 0 Å². The minimum absolute atomic E-state index is 0.353. The van der Waals surface area contributed by atoms with E-state index in [1.54, 1.807) is 0 Å². The largest absolute Gasteiger partial charge is 0.366 e. The first-order valence-corrected chi connectivity index (χ1v) is 6.97. The molecule has 0 bridgehead atoms. The summed E-state index contributed by atoms with van der Waals surface area (Å²) in [7, 11) is 0. The van der Waals surface area contributed by atoms with Crippen LogP contribution in [0.15, 0.2) is 36.4 Å². The lowest BCUT2D eigenvalue weighted by Gasteiger charge is -2.26. The summed E-state index contributed by atoms with van der Waals surface area (Å²) in [6, 6.07) is 14.9. The second-order valence-corrected chi connectivity index (χ2v) is 5.31. The zero-order valence-electron chi connectivity index (χ0n) is 11.6. The maximum atomic E-state index is 9.17. The predicted molar refractivity (Wildman–Crippen MR) is 79.6 cm³/mol. The Morgan fingerprint density at radius 2 is 2.00 bits per heavy atom. The van der Waals surface area contributed by atoms with Gasteiger partial charge in [0.05, 0.1) is 5.56 Å². The van der Waals surface area contributed by atoms with E-state index >= 15 is 0 Å². The van der Waals surface area contributed by atoms with Gasteiger partial charge in [-0.25, -0.2) is 4.98 Å². The summed E-state index contributed by atoms with van der Waals surface area (Å²) in [6.07, 6.45) is 3.16. The third kappa shape index (κ3) is 2.50. The Kier molecular flexibility index (Phi) is 3.39. The molecular formula is C17H17N3. The number of hydrogen-bond acceptors (Lipinski definition) is 3. The number of fused-ring (bicyclic) bond motifs is 1. The summed E-state index contributed by atoms with van der Waals surface area (Å²) in [4.78, 5) is 4.46. The highest BCUT2D eigenvalue weighted by Gasteiger charge is 2.19. The first-order chi connectivity index (χ1) is 9.76. The smallest absolute Gasteiger partial charge is 0.144 e. The highest BCUT2D eigenvalue weighted by molar-refractivity contribution is 5.53. The molecule has 20 heavy (non-hydrogen) atoms. The molecule has 1 aliphatic carbocycles. The van der Waals surface area contributed by atoms with Gasteiger partial charge in [-0.15, -0.1) is 0 Å². The third-order valence-corrected chi connectivity index (χ3v) is 3.84. The summed E-state index contributed by atoms with van der Waals surface area (Å²) in [6.45, 7) is 1.95. The molecule has 1 unspecified atom stereocenters. The normalized spacial score (nSPS) is 17.1. The van der Waals surface area contributed by atoms with Crippen LogP contribution < -0.4 is 5.32 Å². The molecule has 100 valence electrons. The van der Waals surface area contributed by atoms with Crippen molar-refractivity contribution in [1.82, 2.24) is 4.98 Å². The molecule has 1 N–H and O–H groups in total. The fourth-order valence-electron chi connectivity index (χ4n) is 2.77. The summed E-state index contributed by atoms with van der Waals surface area (Å²) < 4.78 is 0. The van der Waals surface area contributed by atoms with Crippen molar-refractivity contribution in [1.29, 1.82) is 5.26 Å².